The van der Waals surface area contributed by atoms with E-state index in [0.29, 0.717) is 0 Å². The van der Waals surface area contributed by atoms with Crippen LogP contribution in [-0.2, 0) is 9.63 Å². The molecule has 0 saturated carbocycles. The number of rotatable bonds is 1. The van der Waals surface area contributed by atoms with Gasteiger partial charge >= 0.3 is 5.91 Å². The fraction of sp³-hybridized carbons (Fsp3) is 0.857. The van der Waals surface area contributed by atoms with E-state index in [4.69, 9.17) is 4.84 Å². The Morgan fingerprint density at radius 3 is 2.67 bits per heavy atom. The molecule has 2 aliphatic rings. The van der Waals surface area contributed by atoms with E-state index in [0.717, 1.165) is 25.9 Å². The molecule has 5 heteroatoms. The van der Waals surface area contributed by atoms with Crippen LogP contribution in [0.1, 0.15) is 19.3 Å². The molecular formula is C7H11N3O2. The van der Waals surface area contributed by atoms with Gasteiger partial charge < -0.3 is 4.84 Å². The second kappa shape index (κ2) is 3.18. The lowest BCUT2D eigenvalue weighted by atomic mass is 10.1. The number of carbonyl (C=O) groups is 1. The Bertz CT molecular complexity index is 211. The molecule has 1 amide bonds. The molecule has 2 aliphatic heterocycles. The van der Waals surface area contributed by atoms with Crippen molar-refractivity contribution in [3.63, 3.8) is 0 Å². The number of carbonyl (C=O) groups excluding carboxylic acids is 1. The van der Waals surface area contributed by atoms with Crippen LogP contribution in [0.5, 0.6) is 0 Å². The predicted molar refractivity (Wildman–Crippen MR) is 40.2 cm³/mol. The van der Waals surface area contributed by atoms with Crippen LogP contribution in [0.25, 0.3) is 0 Å². The topological polar surface area (TPSA) is 54.3 Å². The standard InChI is InChI=1S/C7H11N3O2/c11-6-7(12-9-8-6)10-4-2-1-3-5-10/h7H,1-5H2. The molecule has 5 nitrogen and oxygen atoms in total. The zero-order valence-corrected chi connectivity index (χ0v) is 6.77. The molecule has 0 aromatic rings. The molecule has 0 N–H and O–H groups in total. The molecule has 0 aromatic carbocycles. The maximum Gasteiger partial charge on any atom is 0.326 e. The number of hydrogen-bond donors (Lipinski definition) is 0. The van der Waals surface area contributed by atoms with Crippen molar-refractivity contribution in [1.29, 1.82) is 0 Å². The molecular weight excluding hydrogens is 158 g/mol. The van der Waals surface area contributed by atoms with Gasteiger partial charge in [-0.2, -0.15) is 0 Å². The van der Waals surface area contributed by atoms with Gasteiger partial charge in [-0.05, 0) is 12.8 Å². The average molecular weight is 169 g/mol. The van der Waals surface area contributed by atoms with Gasteiger partial charge in [-0.1, -0.05) is 11.5 Å². The summed E-state index contributed by atoms with van der Waals surface area (Å²) in [4.78, 5) is 17.9. The quantitative estimate of drug-likeness (QED) is 0.581. The monoisotopic (exact) mass is 169 g/mol. The summed E-state index contributed by atoms with van der Waals surface area (Å²) in [5, 5.41) is 6.57. The number of nitrogens with zero attached hydrogens (tertiary/aromatic N) is 3. The second-order valence-electron chi connectivity index (χ2n) is 3.07. The summed E-state index contributed by atoms with van der Waals surface area (Å²) in [6.45, 7) is 1.84. The Morgan fingerprint density at radius 2 is 2.08 bits per heavy atom. The number of likely N-dealkylation sites (tertiary alicyclic amines) is 1. The first-order chi connectivity index (χ1) is 5.88. The summed E-state index contributed by atoms with van der Waals surface area (Å²) in [5.74, 6) is -0.267. The predicted octanol–water partition coefficient (Wildman–Crippen LogP) is 0.722. The van der Waals surface area contributed by atoms with Crippen LogP contribution in [0.4, 0.5) is 0 Å². The fourth-order valence-corrected chi connectivity index (χ4v) is 1.58. The van der Waals surface area contributed by atoms with Gasteiger partial charge in [0.2, 0.25) is 0 Å². The van der Waals surface area contributed by atoms with Gasteiger partial charge in [-0.3, -0.25) is 9.69 Å². The zero-order valence-electron chi connectivity index (χ0n) is 6.77. The number of amides is 1. The summed E-state index contributed by atoms with van der Waals surface area (Å²) >= 11 is 0. The molecule has 0 spiro atoms. The van der Waals surface area contributed by atoms with Crippen LogP contribution in [0.3, 0.4) is 0 Å². The molecule has 0 bridgehead atoms. The summed E-state index contributed by atoms with van der Waals surface area (Å²) in [5.41, 5.74) is 0. The van der Waals surface area contributed by atoms with Crippen molar-refractivity contribution < 1.29 is 9.63 Å². The Morgan fingerprint density at radius 1 is 1.33 bits per heavy atom. The Balaban J connectivity index is 1.95. The lowest BCUT2D eigenvalue weighted by molar-refractivity contribution is -0.135. The van der Waals surface area contributed by atoms with Crippen LogP contribution in [0, 0.1) is 0 Å². The van der Waals surface area contributed by atoms with Crippen LogP contribution >= 0.6 is 0 Å². The Kier molecular flexibility index (Phi) is 2.03. The van der Waals surface area contributed by atoms with Gasteiger partial charge in [-0.25, -0.2) is 0 Å². The molecule has 66 valence electrons. The largest absolute Gasteiger partial charge is 0.349 e. The van der Waals surface area contributed by atoms with Crippen LogP contribution in [0.15, 0.2) is 10.4 Å². The minimum Gasteiger partial charge on any atom is -0.349 e. The molecule has 1 atom stereocenters. The van der Waals surface area contributed by atoms with Gasteiger partial charge in [0, 0.05) is 18.4 Å². The van der Waals surface area contributed by atoms with E-state index in [1.165, 1.54) is 6.42 Å². The first kappa shape index (κ1) is 7.67. The summed E-state index contributed by atoms with van der Waals surface area (Å²) in [6.07, 6.45) is 2.98. The van der Waals surface area contributed by atoms with Crippen molar-refractivity contribution in [2.24, 2.45) is 10.4 Å². The highest BCUT2D eigenvalue weighted by Crippen LogP contribution is 2.17. The Hall–Kier alpha value is -0.970. The van der Waals surface area contributed by atoms with Crippen LogP contribution in [-0.4, -0.2) is 30.1 Å². The van der Waals surface area contributed by atoms with Gasteiger partial charge in [-0.15, -0.1) is 0 Å². The van der Waals surface area contributed by atoms with E-state index in [1.807, 2.05) is 4.90 Å². The molecule has 1 fully saturated rings. The highest BCUT2D eigenvalue weighted by atomic mass is 16.7. The summed E-state index contributed by atoms with van der Waals surface area (Å²) < 4.78 is 0. The van der Waals surface area contributed by atoms with Crippen LogP contribution in [0.2, 0.25) is 0 Å². The van der Waals surface area contributed by atoms with Gasteiger partial charge in [0.15, 0.2) is 0 Å². The van der Waals surface area contributed by atoms with Crippen molar-refractivity contribution >= 4 is 5.91 Å². The third-order valence-electron chi connectivity index (χ3n) is 2.22. The smallest absolute Gasteiger partial charge is 0.326 e. The summed E-state index contributed by atoms with van der Waals surface area (Å²) in [6, 6.07) is 0. The van der Waals surface area contributed by atoms with E-state index < -0.39 is 6.23 Å². The molecule has 1 saturated heterocycles. The van der Waals surface area contributed by atoms with Gasteiger partial charge in [0.25, 0.3) is 6.23 Å². The van der Waals surface area contributed by atoms with E-state index in [1.54, 1.807) is 0 Å². The normalized spacial score (nSPS) is 30.7. The average Bonchev–Trinajstić information content (AvgIpc) is 2.53. The Labute approximate surface area is 70.4 Å². The van der Waals surface area contributed by atoms with Crippen molar-refractivity contribution in [3.05, 3.63) is 0 Å². The highest BCUT2D eigenvalue weighted by Gasteiger charge is 2.32. The van der Waals surface area contributed by atoms with Gasteiger partial charge in [0.1, 0.15) is 0 Å². The minimum absolute atomic E-state index is 0.267. The zero-order chi connectivity index (χ0) is 8.39. The maximum atomic E-state index is 11.0. The summed E-state index contributed by atoms with van der Waals surface area (Å²) in [7, 11) is 0. The number of piperidine rings is 1. The molecule has 0 aliphatic carbocycles. The van der Waals surface area contributed by atoms with E-state index in [9.17, 15) is 4.79 Å². The molecule has 12 heavy (non-hydrogen) atoms. The third kappa shape index (κ3) is 1.32. The van der Waals surface area contributed by atoms with Crippen molar-refractivity contribution in [1.82, 2.24) is 4.90 Å². The minimum atomic E-state index is -0.523. The van der Waals surface area contributed by atoms with Crippen LogP contribution < -0.4 is 0 Å². The third-order valence-corrected chi connectivity index (χ3v) is 2.22. The lowest BCUT2D eigenvalue weighted by Crippen LogP contribution is -2.42. The maximum absolute atomic E-state index is 11.0. The van der Waals surface area contributed by atoms with E-state index in [-0.39, 0.29) is 5.91 Å². The second-order valence-corrected chi connectivity index (χ2v) is 3.07. The fourth-order valence-electron chi connectivity index (χ4n) is 1.58. The van der Waals surface area contributed by atoms with Crippen molar-refractivity contribution in [3.8, 4) is 0 Å². The SMILES string of the molecule is O=C1N=NOC1N1CCCCC1. The number of hydrogen-bond acceptors (Lipinski definition) is 4. The lowest BCUT2D eigenvalue weighted by Gasteiger charge is -2.27. The highest BCUT2D eigenvalue weighted by molar-refractivity contribution is 5.81. The molecule has 1 unspecified atom stereocenters. The molecule has 0 radical (unpaired) electrons. The molecule has 2 heterocycles. The van der Waals surface area contributed by atoms with Crippen molar-refractivity contribution in [2.75, 3.05) is 13.1 Å². The van der Waals surface area contributed by atoms with Gasteiger partial charge in [0.05, 0.1) is 0 Å². The van der Waals surface area contributed by atoms with E-state index in [2.05, 4.69) is 10.4 Å². The van der Waals surface area contributed by atoms with E-state index >= 15 is 0 Å². The first-order valence-electron chi connectivity index (χ1n) is 4.23. The molecule has 2 rings (SSSR count). The van der Waals surface area contributed by atoms with Crippen molar-refractivity contribution in [2.45, 2.75) is 25.5 Å². The first-order valence-corrected chi connectivity index (χ1v) is 4.23. The molecule has 0 aromatic heterocycles.